The van der Waals surface area contributed by atoms with Crippen molar-refractivity contribution in [1.82, 2.24) is 9.80 Å². The minimum absolute atomic E-state index is 0.0654. The molecular weight excluding hydrogens is 266 g/mol. The van der Waals surface area contributed by atoms with Crippen molar-refractivity contribution in [3.05, 3.63) is 35.4 Å². The molecule has 0 atom stereocenters. The Morgan fingerprint density at radius 3 is 2.50 bits per heavy atom. The fourth-order valence-electron chi connectivity index (χ4n) is 2.40. The molecule has 0 aromatic heterocycles. The summed E-state index contributed by atoms with van der Waals surface area (Å²) in [4.78, 5) is 15.7. The highest BCUT2D eigenvalue weighted by Crippen LogP contribution is 2.16. The van der Waals surface area contributed by atoms with Gasteiger partial charge in [0.25, 0.3) is 5.91 Å². The van der Waals surface area contributed by atoms with Crippen LogP contribution in [-0.4, -0.2) is 60.1 Å². The second kappa shape index (κ2) is 6.76. The largest absolute Gasteiger partial charge is 0.395 e. The number of aliphatic hydroxyl groups excluding tert-OH is 1. The summed E-state index contributed by atoms with van der Waals surface area (Å²) >= 11 is 0. The Hall–Kier alpha value is -1.53. The van der Waals surface area contributed by atoms with Crippen LogP contribution >= 0.6 is 0 Å². The molecule has 1 heterocycles. The van der Waals surface area contributed by atoms with Crippen molar-refractivity contribution in [3.63, 3.8) is 0 Å². The molecule has 0 bridgehead atoms. The van der Waals surface area contributed by atoms with Gasteiger partial charge in [-0.05, 0) is 25.1 Å². The van der Waals surface area contributed by atoms with Crippen LogP contribution in [0.2, 0.25) is 0 Å². The molecule has 1 fully saturated rings. The molecule has 1 amide bonds. The van der Waals surface area contributed by atoms with Gasteiger partial charge in [0, 0.05) is 26.2 Å². The molecule has 1 aromatic rings. The molecule has 6 heteroatoms. The highest BCUT2D eigenvalue weighted by Gasteiger charge is 2.24. The zero-order valence-corrected chi connectivity index (χ0v) is 11.2. The van der Waals surface area contributed by atoms with Crippen molar-refractivity contribution < 1.29 is 18.7 Å². The van der Waals surface area contributed by atoms with E-state index in [9.17, 15) is 13.6 Å². The molecule has 2 rings (SSSR count). The Bertz CT molecular complexity index is 462. The van der Waals surface area contributed by atoms with E-state index in [1.807, 2.05) is 4.90 Å². The van der Waals surface area contributed by atoms with Crippen LogP contribution in [0.25, 0.3) is 0 Å². The van der Waals surface area contributed by atoms with Crippen molar-refractivity contribution in [2.24, 2.45) is 0 Å². The molecule has 0 radical (unpaired) electrons. The topological polar surface area (TPSA) is 43.8 Å². The van der Waals surface area contributed by atoms with Crippen molar-refractivity contribution in [2.45, 2.75) is 6.42 Å². The van der Waals surface area contributed by atoms with Crippen molar-refractivity contribution >= 4 is 5.91 Å². The summed E-state index contributed by atoms with van der Waals surface area (Å²) in [7, 11) is 0. The number of amides is 1. The van der Waals surface area contributed by atoms with Gasteiger partial charge in [-0.1, -0.05) is 6.07 Å². The number of hydrogen-bond donors (Lipinski definition) is 1. The van der Waals surface area contributed by atoms with Crippen LogP contribution in [0.5, 0.6) is 0 Å². The van der Waals surface area contributed by atoms with Crippen LogP contribution in [-0.2, 0) is 0 Å². The van der Waals surface area contributed by atoms with Crippen molar-refractivity contribution in [1.29, 1.82) is 0 Å². The zero-order chi connectivity index (χ0) is 14.5. The molecule has 20 heavy (non-hydrogen) atoms. The smallest absolute Gasteiger partial charge is 0.259 e. The minimum Gasteiger partial charge on any atom is -0.395 e. The number of hydrogen-bond acceptors (Lipinski definition) is 3. The lowest BCUT2D eigenvalue weighted by Gasteiger charge is -2.22. The lowest BCUT2D eigenvalue weighted by molar-refractivity contribution is 0.0750. The average molecular weight is 284 g/mol. The number of aliphatic hydroxyl groups is 1. The number of halogens is 2. The Kier molecular flexibility index (Phi) is 5.03. The molecule has 1 aromatic carbocycles. The molecule has 110 valence electrons. The summed E-state index contributed by atoms with van der Waals surface area (Å²) in [5, 5.41) is 8.91. The molecule has 4 nitrogen and oxygen atoms in total. The predicted molar refractivity (Wildman–Crippen MR) is 70.4 cm³/mol. The number of carbonyl (C=O) groups excluding carboxylic acids is 1. The van der Waals surface area contributed by atoms with Crippen molar-refractivity contribution in [2.75, 3.05) is 39.3 Å². The maximum atomic E-state index is 13.6. The minimum atomic E-state index is -0.827. The van der Waals surface area contributed by atoms with Gasteiger partial charge in [0.1, 0.15) is 17.2 Å². The highest BCUT2D eigenvalue weighted by atomic mass is 19.1. The molecule has 1 aliphatic rings. The first-order chi connectivity index (χ1) is 9.63. The Morgan fingerprint density at radius 1 is 1.15 bits per heavy atom. The van der Waals surface area contributed by atoms with E-state index in [0.717, 1.165) is 25.1 Å². The summed E-state index contributed by atoms with van der Waals surface area (Å²) < 4.78 is 27.2. The van der Waals surface area contributed by atoms with Crippen LogP contribution in [0.4, 0.5) is 8.78 Å². The molecule has 1 aliphatic heterocycles. The van der Waals surface area contributed by atoms with E-state index in [-0.39, 0.29) is 6.61 Å². The lowest BCUT2D eigenvalue weighted by atomic mass is 10.1. The fourth-order valence-corrected chi connectivity index (χ4v) is 2.40. The SMILES string of the molecule is O=C(c1c(F)cccc1F)N1CCCN(CCO)CC1. The van der Waals surface area contributed by atoms with E-state index in [2.05, 4.69) is 0 Å². The van der Waals surface area contributed by atoms with Crippen LogP contribution in [0.1, 0.15) is 16.8 Å². The standard InChI is InChI=1S/C14H18F2N2O2/c15-11-3-1-4-12(16)13(11)14(20)18-6-2-5-17(7-8-18)9-10-19/h1,3-4,19H,2,5-10H2. The molecule has 0 unspecified atom stereocenters. The summed E-state index contributed by atoms with van der Waals surface area (Å²) in [5.41, 5.74) is -0.483. The zero-order valence-electron chi connectivity index (χ0n) is 11.2. The van der Waals surface area contributed by atoms with E-state index in [1.165, 1.54) is 11.0 Å². The first-order valence-electron chi connectivity index (χ1n) is 6.70. The third kappa shape index (κ3) is 3.32. The Morgan fingerprint density at radius 2 is 1.85 bits per heavy atom. The predicted octanol–water partition coefficient (Wildman–Crippen LogP) is 1.11. The molecule has 0 saturated carbocycles. The Labute approximate surface area is 116 Å². The number of nitrogens with zero attached hydrogens (tertiary/aromatic N) is 2. The van der Waals surface area contributed by atoms with E-state index < -0.39 is 23.1 Å². The third-order valence-electron chi connectivity index (χ3n) is 3.47. The lowest BCUT2D eigenvalue weighted by Crippen LogP contribution is -2.36. The van der Waals surface area contributed by atoms with E-state index in [4.69, 9.17) is 5.11 Å². The average Bonchev–Trinajstić information content (AvgIpc) is 2.64. The van der Waals surface area contributed by atoms with Gasteiger partial charge in [-0.15, -0.1) is 0 Å². The van der Waals surface area contributed by atoms with Crippen LogP contribution in [0, 0.1) is 11.6 Å². The fraction of sp³-hybridized carbons (Fsp3) is 0.500. The maximum absolute atomic E-state index is 13.6. The van der Waals surface area contributed by atoms with Gasteiger partial charge < -0.3 is 10.0 Å². The molecular formula is C14H18F2N2O2. The van der Waals surface area contributed by atoms with Gasteiger partial charge in [0.2, 0.25) is 0 Å². The second-order valence-corrected chi connectivity index (χ2v) is 4.81. The number of rotatable bonds is 3. The van der Waals surface area contributed by atoms with Crippen LogP contribution in [0.3, 0.4) is 0 Å². The van der Waals surface area contributed by atoms with E-state index in [1.54, 1.807) is 0 Å². The first kappa shape index (κ1) is 14.9. The van der Waals surface area contributed by atoms with Crippen LogP contribution in [0.15, 0.2) is 18.2 Å². The van der Waals surface area contributed by atoms with Gasteiger partial charge in [0.15, 0.2) is 0 Å². The third-order valence-corrected chi connectivity index (χ3v) is 3.47. The molecule has 0 spiro atoms. The summed E-state index contributed by atoms with van der Waals surface area (Å²) in [6, 6.07) is 3.42. The van der Waals surface area contributed by atoms with Gasteiger partial charge in [0.05, 0.1) is 6.61 Å². The van der Waals surface area contributed by atoms with Gasteiger partial charge >= 0.3 is 0 Å². The van der Waals surface area contributed by atoms with Crippen LogP contribution < -0.4 is 0 Å². The van der Waals surface area contributed by atoms with Gasteiger partial charge in [-0.2, -0.15) is 0 Å². The van der Waals surface area contributed by atoms with Crippen molar-refractivity contribution in [3.8, 4) is 0 Å². The molecule has 1 saturated heterocycles. The maximum Gasteiger partial charge on any atom is 0.259 e. The summed E-state index contributed by atoms with van der Waals surface area (Å²) in [6.07, 6.45) is 0.724. The second-order valence-electron chi connectivity index (χ2n) is 4.81. The highest BCUT2D eigenvalue weighted by molar-refractivity contribution is 5.94. The first-order valence-corrected chi connectivity index (χ1v) is 6.70. The summed E-state index contributed by atoms with van der Waals surface area (Å²) in [6.45, 7) is 2.86. The monoisotopic (exact) mass is 284 g/mol. The number of benzene rings is 1. The van der Waals surface area contributed by atoms with Gasteiger partial charge in [-0.3, -0.25) is 9.69 Å². The molecule has 1 N–H and O–H groups in total. The van der Waals surface area contributed by atoms with Gasteiger partial charge in [-0.25, -0.2) is 8.78 Å². The summed E-state index contributed by atoms with van der Waals surface area (Å²) in [5.74, 6) is -2.26. The van der Waals surface area contributed by atoms with E-state index >= 15 is 0 Å². The quantitative estimate of drug-likeness (QED) is 0.904. The Balaban J connectivity index is 2.10. The molecule has 0 aliphatic carbocycles. The number of carbonyl (C=O) groups is 1. The number of β-amino-alcohol motifs (C(OH)–C–C–N with tert-alkyl or cyclic N) is 1. The van der Waals surface area contributed by atoms with E-state index in [0.29, 0.717) is 26.2 Å². The normalized spacial score (nSPS) is 17.1.